The van der Waals surface area contributed by atoms with Crippen LogP contribution in [0.2, 0.25) is 0 Å². The van der Waals surface area contributed by atoms with E-state index in [-0.39, 0.29) is 11.4 Å². The molecule has 5 heteroatoms. The predicted molar refractivity (Wildman–Crippen MR) is 56.5 cm³/mol. The van der Waals surface area contributed by atoms with E-state index in [0.29, 0.717) is 6.54 Å². The number of anilines is 1. The molecular formula is C10H13FN2O2. The van der Waals surface area contributed by atoms with Crippen molar-refractivity contribution in [1.82, 2.24) is 0 Å². The first-order valence-electron chi connectivity index (χ1n) is 4.83. The Morgan fingerprint density at radius 3 is 2.87 bits per heavy atom. The molecule has 0 radical (unpaired) electrons. The second-order valence-electron chi connectivity index (χ2n) is 3.20. The molecule has 0 amide bonds. The van der Waals surface area contributed by atoms with Gasteiger partial charge in [0.2, 0.25) is 0 Å². The maximum absolute atomic E-state index is 13.2. The molecular weight excluding hydrogens is 199 g/mol. The van der Waals surface area contributed by atoms with Crippen LogP contribution in [-0.2, 0) is 0 Å². The first kappa shape index (κ1) is 11.4. The van der Waals surface area contributed by atoms with Gasteiger partial charge in [-0.1, -0.05) is 13.3 Å². The molecule has 0 unspecified atom stereocenters. The number of nitrogens with zero attached hydrogens (tertiary/aromatic N) is 1. The Balaban J connectivity index is 2.76. The molecule has 0 aliphatic rings. The molecule has 0 bridgehead atoms. The van der Waals surface area contributed by atoms with E-state index < -0.39 is 10.7 Å². The predicted octanol–water partition coefficient (Wildman–Crippen LogP) is 2.95. The van der Waals surface area contributed by atoms with Gasteiger partial charge in [0.1, 0.15) is 5.82 Å². The summed E-state index contributed by atoms with van der Waals surface area (Å²) in [4.78, 5) is 9.91. The van der Waals surface area contributed by atoms with Crippen LogP contribution in [0.5, 0.6) is 0 Å². The van der Waals surface area contributed by atoms with Crippen LogP contribution < -0.4 is 5.32 Å². The largest absolute Gasteiger partial charge is 0.382 e. The normalized spacial score (nSPS) is 10.0. The fraction of sp³-hybridized carbons (Fsp3) is 0.400. The topological polar surface area (TPSA) is 55.2 Å². The third-order valence-electron chi connectivity index (χ3n) is 2.01. The first-order valence-corrected chi connectivity index (χ1v) is 4.83. The van der Waals surface area contributed by atoms with E-state index in [0.717, 1.165) is 25.0 Å². The number of non-ortho nitro benzene ring substituents is 1. The molecule has 1 aromatic rings. The molecule has 0 saturated heterocycles. The van der Waals surface area contributed by atoms with Crippen molar-refractivity contribution in [2.24, 2.45) is 0 Å². The van der Waals surface area contributed by atoms with Crippen molar-refractivity contribution in [2.75, 3.05) is 11.9 Å². The van der Waals surface area contributed by atoms with Crippen molar-refractivity contribution in [3.05, 3.63) is 34.1 Å². The van der Waals surface area contributed by atoms with Gasteiger partial charge in [0, 0.05) is 18.7 Å². The van der Waals surface area contributed by atoms with Crippen molar-refractivity contribution < 1.29 is 9.31 Å². The van der Waals surface area contributed by atoms with Crippen LogP contribution in [0.25, 0.3) is 0 Å². The van der Waals surface area contributed by atoms with Crippen LogP contribution in [0.4, 0.5) is 15.8 Å². The maximum Gasteiger partial charge on any atom is 0.271 e. The van der Waals surface area contributed by atoms with Gasteiger partial charge in [-0.25, -0.2) is 4.39 Å². The minimum absolute atomic E-state index is 0.101. The van der Waals surface area contributed by atoms with Gasteiger partial charge in [-0.15, -0.1) is 0 Å². The standard InChI is InChI=1S/C10H13FN2O2/c1-2-3-6-12-10-7-8(13(14)15)4-5-9(10)11/h4-5,7,12H,2-3,6H2,1H3. The van der Waals surface area contributed by atoms with Crippen molar-refractivity contribution in [3.63, 3.8) is 0 Å². The summed E-state index contributed by atoms with van der Waals surface area (Å²) < 4.78 is 13.2. The zero-order valence-electron chi connectivity index (χ0n) is 8.50. The third-order valence-corrected chi connectivity index (χ3v) is 2.01. The Kier molecular flexibility index (Phi) is 4.03. The third kappa shape index (κ3) is 3.19. The van der Waals surface area contributed by atoms with E-state index in [4.69, 9.17) is 0 Å². The molecule has 0 fully saturated rings. The quantitative estimate of drug-likeness (QED) is 0.463. The highest BCUT2D eigenvalue weighted by molar-refractivity contribution is 5.52. The fourth-order valence-electron chi connectivity index (χ4n) is 1.16. The van der Waals surface area contributed by atoms with E-state index in [2.05, 4.69) is 5.32 Å². The van der Waals surface area contributed by atoms with Gasteiger partial charge in [-0.3, -0.25) is 10.1 Å². The second kappa shape index (κ2) is 5.29. The summed E-state index contributed by atoms with van der Waals surface area (Å²) in [6, 6.07) is 3.47. The Morgan fingerprint density at radius 1 is 1.53 bits per heavy atom. The number of unbranched alkanes of at least 4 members (excludes halogenated alkanes) is 1. The Hall–Kier alpha value is -1.65. The number of benzene rings is 1. The average molecular weight is 212 g/mol. The Labute approximate surface area is 87.3 Å². The molecule has 0 aromatic heterocycles. The first-order chi connectivity index (χ1) is 7.15. The summed E-state index contributed by atoms with van der Waals surface area (Å²) in [5.74, 6) is -0.461. The maximum atomic E-state index is 13.2. The van der Waals surface area contributed by atoms with Crippen molar-refractivity contribution in [2.45, 2.75) is 19.8 Å². The minimum atomic E-state index is -0.537. The minimum Gasteiger partial charge on any atom is -0.382 e. The van der Waals surface area contributed by atoms with Gasteiger partial charge in [0.15, 0.2) is 0 Å². The van der Waals surface area contributed by atoms with Crippen LogP contribution in [0, 0.1) is 15.9 Å². The molecule has 0 saturated carbocycles. The SMILES string of the molecule is CCCCNc1cc([N+](=O)[O-])ccc1F. The number of halogens is 1. The molecule has 0 atom stereocenters. The molecule has 15 heavy (non-hydrogen) atoms. The lowest BCUT2D eigenvalue weighted by molar-refractivity contribution is -0.384. The molecule has 1 N–H and O–H groups in total. The van der Waals surface area contributed by atoms with Crippen LogP contribution >= 0.6 is 0 Å². The molecule has 82 valence electrons. The van der Waals surface area contributed by atoms with Crippen LogP contribution in [-0.4, -0.2) is 11.5 Å². The number of nitro benzene ring substituents is 1. The van der Waals surface area contributed by atoms with Gasteiger partial charge in [0.05, 0.1) is 10.6 Å². The summed E-state index contributed by atoms with van der Waals surface area (Å²) >= 11 is 0. The van der Waals surface area contributed by atoms with Gasteiger partial charge in [-0.05, 0) is 12.5 Å². The molecule has 0 aliphatic carbocycles. The van der Waals surface area contributed by atoms with Crippen molar-refractivity contribution in [1.29, 1.82) is 0 Å². The Bertz CT molecular complexity index is 355. The lowest BCUT2D eigenvalue weighted by Crippen LogP contribution is -2.03. The van der Waals surface area contributed by atoms with Crippen molar-refractivity contribution in [3.8, 4) is 0 Å². The number of rotatable bonds is 5. The molecule has 0 aliphatic heterocycles. The van der Waals surface area contributed by atoms with Crippen LogP contribution in [0.3, 0.4) is 0 Å². The van der Waals surface area contributed by atoms with Crippen LogP contribution in [0.15, 0.2) is 18.2 Å². The van der Waals surface area contributed by atoms with E-state index in [1.165, 1.54) is 6.07 Å². The number of hydrogen-bond donors (Lipinski definition) is 1. The lowest BCUT2D eigenvalue weighted by Gasteiger charge is -2.05. The van der Waals surface area contributed by atoms with E-state index >= 15 is 0 Å². The monoisotopic (exact) mass is 212 g/mol. The van der Waals surface area contributed by atoms with Gasteiger partial charge in [0.25, 0.3) is 5.69 Å². The molecule has 1 rings (SSSR count). The lowest BCUT2D eigenvalue weighted by atomic mass is 10.2. The van der Waals surface area contributed by atoms with Crippen LogP contribution in [0.1, 0.15) is 19.8 Å². The molecule has 0 spiro atoms. The Morgan fingerprint density at radius 2 is 2.27 bits per heavy atom. The summed E-state index contributed by atoms with van der Waals surface area (Å²) in [5.41, 5.74) is 0.0908. The highest BCUT2D eigenvalue weighted by Gasteiger charge is 2.09. The summed E-state index contributed by atoms with van der Waals surface area (Å²) in [6.45, 7) is 2.64. The van der Waals surface area contributed by atoms with Crippen molar-refractivity contribution >= 4 is 11.4 Å². The summed E-state index contributed by atoms with van der Waals surface area (Å²) in [6.07, 6.45) is 1.89. The summed E-state index contributed by atoms with van der Waals surface area (Å²) in [5, 5.41) is 13.3. The fourth-order valence-corrected chi connectivity index (χ4v) is 1.16. The number of nitro groups is 1. The molecule has 4 nitrogen and oxygen atoms in total. The molecule has 1 aromatic carbocycles. The highest BCUT2D eigenvalue weighted by atomic mass is 19.1. The van der Waals surface area contributed by atoms with Gasteiger partial charge >= 0.3 is 0 Å². The highest BCUT2D eigenvalue weighted by Crippen LogP contribution is 2.21. The zero-order chi connectivity index (χ0) is 11.3. The van der Waals surface area contributed by atoms with E-state index in [1.54, 1.807) is 0 Å². The number of nitrogens with one attached hydrogen (secondary N) is 1. The van der Waals surface area contributed by atoms with E-state index in [9.17, 15) is 14.5 Å². The summed E-state index contributed by atoms with van der Waals surface area (Å²) in [7, 11) is 0. The van der Waals surface area contributed by atoms with E-state index in [1.807, 2.05) is 6.92 Å². The molecule has 0 heterocycles. The van der Waals surface area contributed by atoms with Gasteiger partial charge < -0.3 is 5.32 Å². The average Bonchev–Trinajstić information content (AvgIpc) is 2.20. The smallest absolute Gasteiger partial charge is 0.271 e. The number of hydrogen-bond acceptors (Lipinski definition) is 3. The second-order valence-corrected chi connectivity index (χ2v) is 3.20. The van der Waals surface area contributed by atoms with Gasteiger partial charge in [-0.2, -0.15) is 0 Å². The zero-order valence-corrected chi connectivity index (χ0v) is 8.50.